The highest BCUT2D eigenvalue weighted by Gasteiger charge is 2.27. The minimum Gasteiger partial charge on any atom is -0.341 e. The van der Waals surface area contributed by atoms with Crippen molar-refractivity contribution >= 4 is 5.95 Å². The van der Waals surface area contributed by atoms with E-state index in [2.05, 4.69) is 27.2 Å². The monoisotopic (exact) mass is 218 g/mol. The van der Waals surface area contributed by atoms with Crippen LogP contribution >= 0.6 is 0 Å². The maximum absolute atomic E-state index is 4.41. The fourth-order valence-electron chi connectivity index (χ4n) is 1.80. The topological polar surface area (TPSA) is 41.1 Å². The van der Waals surface area contributed by atoms with Crippen molar-refractivity contribution in [2.24, 2.45) is 0 Å². The molecule has 0 aliphatic heterocycles. The number of anilines is 1. The van der Waals surface area contributed by atoms with Crippen LogP contribution in [0, 0.1) is 0 Å². The van der Waals surface area contributed by atoms with E-state index in [-0.39, 0.29) is 0 Å². The molecule has 4 nitrogen and oxygen atoms in total. The van der Waals surface area contributed by atoms with E-state index in [1.54, 1.807) is 0 Å². The minimum absolute atomic E-state index is 0.676. The Hall–Kier alpha value is -1.16. The lowest BCUT2D eigenvalue weighted by atomic mass is 10.3. The van der Waals surface area contributed by atoms with Gasteiger partial charge in [-0.15, -0.1) is 0 Å². The van der Waals surface area contributed by atoms with E-state index in [0.29, 0.717) is 6.04 Å². The van der Waals surface area contributed by atoms with Crippen LogP contribution in [0.5, 0.6) is 0 Å². The van der Waals surface area contributed by atoms with E-state index in [4.69, 9.17) is 0 Å². The van der Waals surface area contributed by atoms with E-state index in [0.717, 1.165) is 18.5 Å². The third-order valence-corrected chi connectivity index (χ3v) is 3.27. The van der Waals surface area contributed by atoms with Crippen molar-refractivity contribution in [1.29, 1.82) is 0 Å². The molecule has 0 atom stereocenters. The molecule has 4 heteroatoms. The van der Waals surface area contributed by atoms with Gasteiger partial charge >= 0.3 is 0 Å². The fraction of sp³-hybridized carbons (Fsp3) is 0.667. The van der Waals surface area contributed by atoms with Crippen LogP contribution in [0.1, 0.15) is 31.2 Å². The van der Waals surface area contributed by atoms with Crippen LogP contribution in [0.3, 0.4) is 0 Å². The second-order valence-corrected chi connectivity index (χ2v) is 4.89. The first-order chi connectivity index (χ1) is 7.83. The van der Waals surface area contributed by atoms with Crippen LogP contribution in [0.4, 0.5) is 5.95 Å². The largest absolute Gasteiger partial charge is 0.341 e. The Kier molecular flexibility index (Phi) is 2.52. The van der Waals surface area contributed by atoms with Gasteiger partial charge < -0.3 is 10.2 Å². The molecule has 2 aliphatic rings. The number of nitrogens with one attached hydrogen (secondary N) is 1. The number of nitrogens with zero attached hydrogens (tertiary/aromatic N) is 3. The van der Waals surface area contributed by atoms with Gasteiger partial charge in [-0.1, -0.05) is 0 Å². The molecule has 0 bridgehead atoms. The Morgan fingerprint density at radius 1 is 1.25 bits per heavy atom. The number of hydrogen-bond donors (Lipinski definition) is 1. The van der Waals surface area contributed by atoms with Gasteiger partial charge in [-0.3, -0.25) is 0 Å². The van der Waals surface area contributed by atoms with Crippen molar-refractivity contribution < 1.29 is 0 Å². The molecule has 2 saturated carbocycles. The second kappa shape index (κ2) is 4.01. The molecule has 1 aromatic rings. The van der Waals surface area contributed by atoms with Gasteiger partial charge in [0.1, 0.15) is 0 Å². The Morgan fingerprint density at radius 2 is 1.94 bits per heavy atom. The summed E-state index contributed by atoms with van der Waals surface area (Å²) in [5.74, 6) is 0.859. The maximum Gasteiger partial charge on any atom is 0.225 e. The standard InChI is InChI=1S/C12H18N4/c1-16(11-4-5-11)12-14-7-9(8-15-12)6-13-10-2-3-10/h7-8,10-11,13H,2-6H2,1H3. The van der Waals surface area contributed by atoms with Crippen LogP contribution < -0.4 is 10.2 Å². The molecule has 1 aromatic heterocycles. The molecular weight excluding hydrogens is 200 g/mol. The quantitative estimate of drug-likeness (QED) is 0.809. The summed E-state index contributed by atoms with van der Waals surface area (Å²) in [4.78, 5) is 11.0. The van der Waals surface area contributed by atoms with Gasteiger partial charge in [-0.2, -0.15) is 0 Å². The van der Waals surface area contributed by atoms with Crippen molar-refractivity contribution in [3.05, 3.63) is 18.0 Å². The van der Waals surface area contributed by atoms with Gasteiger partial charge in [0.05, 0.1) is 0 Å². The van der Waals surface area contributed by atoms with Gasteiger partial charge in [0, 0.05) is 43.6 Å². The van der Waals surface area contributed by atoms with E-state index < -0.39 is 0 Å². The summed E-state index contributed by atoms with van der Waals surface area (Å²) in [6.07, 6.45) is 9.09. The van der Waals surface area contributed by atoms with Gasteiger partial charge in [0.15, 0.2) is 0 Å². The summed E-state index contributed by atoms with van der Waals surface area (Å²) in [6.45, 7) is 0.901. The molecule has 0 radical (unpaired) electrons. The molecule has 3 rings (SSSR count). The SMILES string of the molecule is CN(c1ncc(CNC2CC2)cn1)C1CC1. The summed E-state index contributed by atoms with van der Waals surface area (Å²) < 4.78 is 0. The van der Waals surface area contributed by atoms with Crippen molar-refractivity contribution in [2.75, 3.05) is 11.9 Å². The highest BCUT2D eigenvalue weighted by molar-refractivity contribution is 5.32. The average Bonchev–Trinajstić information content (AvgIpc) is 3.19. The molecule has 86 valence electrons. The van der Waals surface area contributed by atoms with Crippen LogP contribution in [0.15, 0.2) is 12.4 Å². The normalized spacial score (nSPS) is 19.8. The Balaban J connectivity index is 1.59. The third kappa shape index (κ3) is 2.32. The molecule has 0 unspecified atom stereocenters. The first kappa shape index (κ1) is 10.0. The van der Waals surface area contributed by atoms with Gasteiger partial charge in [-0.05, 0) is 25.7 Å². The summed E-state index contributed by atoms with van der Waals surface area (Å²) >= 11 is 0. The van der Waals surface area contributed by atoms with Crippen molar-refractivity contribution in [2.45, 2.75) is 44.3 Å². The number of rotatable bonds is 5. The van der Waals surface area contributed by atoms with E-state index >= 15 is 0 Å². The second-order valence-electron chi connectivity index (χ2n) is 4.89. The molecule has 16 heavy (non-hydrogen) atoms. The molecule has 0 amide bonds. The predicted molar refractivity (Wildman–Crippen MR) is 63.3 cm³/mol. The first-order valence-electron chi connectivity index (χ1n) is 6.10. The lowest BCUT2D eigenvalue weighted by molar-refractivity contribution is 0.682. The number of aromatic nitrogens is 2. The van der Waals surface area contributed by atoms with Gasteiger partial charge in [-0.25, -0.2) is 9.97 Å². The highest BCUT2D eigenvalue weighted by Crippen LogP contribution is 2.27. The maximum atomic E-state index is 4.41. The van der Waals surface area contributed by atoms with Gasteiger partial charge in [0.25, 0.3) is 0 Å². The summed E-state index contributed by atoms with van der Waals surface area (Å²) in [5, 5.41) is 3.46. The third-order valence-electron chi connectivity index (χ3n) is 3.27. The van der Waals surface area contributed by atoms with Gasteiger partial charge in [0.2, 0.25) is 5.95 Å². The Bertz CT molecular complexity index is 354. The van der Waals surface area contributed by atoms with Crippen molar-refractivity contribution in [1.82, 2.24) is 15.3 Å². The first-order valence-corrected chi connectivity index (χ1v) is 6.10. The zero-order valence-electron chi connectivity index (χ0n) is 9.69. The molecular formula is C12H18N4. The zero-order valence-corrected chi connectivity index (χ0v) is 9.69. The van der Waals surface area contributed by atoms with E-state index in [1.165, 1.54) is 31.2 Å². The molecule has 0 saturated heterocycles. The smallest absolute Gasteiger partial charge is 0.225 e. The molecule has 1 heterocycles. The zero-order chi connectivity index (χ0) is 11.0. The average molecular weight is 218 g/mol. The summed E-state index contributed by atoms with van der Waals surface area (Å²) in [7, 11) is 2.08. The van der Waals surface area contributed by atoms with Crippen LogP contribution in [-0.4, -0.2) is 29.1 Å². The summed E-state index contributed by atoms with van der Waals surface area (Å²) in [5.41, 5.74) is 1.18. The molecule has 2 aliphatic carbocycles. The molecule has 0 aromatic carbocycles. The van der Waals surface area contributed by atoms with Crippen LogP contribution in [0.2, 0.25) is 0 Å². The Labute approximate surface area is 96.1 Å². The van der Waals surface area contributed by atoms with Crippen LogP contribution in [0.25, 0.3) is 0 Å². The summed E-state index contributed by atoms with van der Waals surface area (Å²) in [6, 6.07) is 1.42. The van der Waals surface area contributed by atoms with Crippen LogP contribution in [-0.2, 0) is 6.54 Å². The van der Waals surface area contributed by atoms with E-state index in [1.807, 2.05) is 12.4 Å². The minimum atomic E-state index is 0.676. The molecule has 0 spiro atoms. The fourth-order valence-corrected chi connectivity index (χ4v) is 1.80. The number of hydrogen-bond acceptors (Lipinski definition) is 4. The van der Waals surface area contributed by atoms with E-state index in [9.17, 15) is 0 Å². The molecule has 2 fully saturated rings. The lowest BCUT2D eigenvalue weighted by Gasteiger charge is -2.15. The predicted octanol–water partition coefficient (Wildman–Crippen LogP) is 1.33. The van der Waals surface area contributed by atoms with Crippen molar-refractivity contribution in [3.63, 3.8) is 0 Å². The lowest BCUT2D eigenvalue weighted by Crippen LogP contribution is -2.22. The highest BCUT2D eigenvalue weighted by atomic mass is 15.3. The molecule has 1 N–H and O–H groups in total. The Morgan fingerprint density at radius 3 is 2.50 bits per heavy atom. The van der Waals surface area contributed by atoms with Crippen molar-refractivity contribution in [3.8, 4) is 0 Å².